The van der Waals surface area contributed by atoms with Crippen molar-refractivity contribution in [3.63, 3.8) is 0 Å². The van der Waals surface area contributed by atoms with Crippen molar-refractivity contribution in [2.24, 2.45) is 0 Å². The second kappa shape index (κ2) is 6.16. The fourth-order valence-corrected chi connectivity index (χ4v) is 2.66. The van der Waals surface area contributed by atoms with Gasteiger partial charge in [0.25, 0.3) is 11.8 Å². The molecule has 3 rings (SSSR count). The number of benzene rings is 2. The molecule has 0 spiro atoms. The highest BCUT2D eigenvalue weighted by Crippen LogP contribution is 2.36. The summed E-state index contributed by atoms with van der Waals surface area (Å²) in [5, 5.41) is 2.65. The van der Waals surface area contributed by atoms with Crippen LogP contribution in [-0.4, -0.2) is 24.3 Å². The van der Waals surface area contributed by atoms with Gasteiger partial charge in [0.2, 0.25) is 5.91 Å². The minimum atomic E-state index is -0.421. The van der Waals surface area contributed by atoms with Crippen molar-refractivity contribution in [1.82, 2.24) is 0 Å². The number of fused-ring (bicyclic) bond motifs is 1. The molecule has 0 atom stereocenters. The Balaban J connectivity index is 2.11. The Morgan fingerprint density at radius 3 is 2.25 bits per heavy atom. The average molecular weight is 324 g/mol. The van der Waals surface area contributed by atoms with Gasteiger partial charge in [-0.05, 0) is 31.2 Å². The van der Waals surface area contributed by atoms with E-state index in [0.29, 0.717) is 34.9 Å². The maximum Gasteiger partial charge on any atom is 0.266 e. The third-order valence-electron chi connectivity index (χ3n) is 3.63. The van der Waals surface area contributed by atoms with E-state index in [4.69, 9.17) is 4.74 Å². The lowest BCUT2D eigenvalue weighted by atomic mass is 10.1. The van der Waals surface area contributed by atoms with E-state index in [2.05, 4.69) is 5.32 Å². The van der Waals surface area contributed by atoms with Crippen molar-refractivity contribution < 1.29 is 19.1 Å². The summed E-state index contributed by atoms with van der Waals surface area (Å²) < 4.78 is 5.45. The molecule has 1 heterocycles. The zero-order valence-electron chi connectivity index (χ0n) is 13.3. The fraction of sp³-hybridized carbons (Fsp3) is 0.167. The van der Waals surface area contributed by atoms with Crippen LogP contribution < -0.4 is 15.0 Å². The normalized spacial score (nSPS) is 13.0. The molecular formula is C18H16N2O4. The number of ether oxygens (including phenoxy) is 1. The monoisotopic (exact) mass is 324 g/mol. The highest BCUT2D eigenvalue weighted by Gasteiger charge is 2.37. The average Bonchev–Trinajstić information content (AvgIpc) is 2.81. The zero-order valence-corrected chi connectivity index (χ0v) is 13.3. The van der Waals surface area contributed by atoms with Crippen molar-refractivity contribution in [2.75, 3.05) is 16.8 Å². The lowest BCUT2D eigenvalue weighted by Gasteiger charge is -2.19. The van der Waals surface area contributed by atoms with E-state index in [9.17, 15) is 14.4 Å². The molecule has 0 saturated carbocycles. The number of anilines is 2. The van der Waals surface area contributed by atoms with Gasteiger partial charge in [-0.15, -0.1) is 0 Å². The molecule has 1 aliphatic heterocycles. The highest BCUT2D eigenvalue weighted by molar-refractivity contribution is 6.35. The third kappa shape index (κ3) is 2.62. The molecule has 0 radical (unpaired) electrons. The molecule has 0 bridgehead atoms. The number of hydrogen-bond acceptors (Lipinski definition) is 4. The van der Waals surface area contributed by atoms with Crippen LogP contribution in [-0.2, 0) is 4.79 Å². The SMILES string of the molecule is CCOc1ccc(NC(C)=O)c(N2C(=O)c3ccccc3C2=O)c1. The Morgan fingerprint density at radius 1 is 1.08 bits per heavy atom. The standard InChI is InChI=1S/C18H16N2O4/c1-3-24-12-8-9-15(19-11(2)21)16(10-12)20-17(22)13-6-4-5-7-14(13)18(20)23/h4-10H,3H2,1-2H3,(H,19,21). The largest absolute Gasteiger partial charge is 0.494 e. The van der Waals surface area contributed by atoms with Crippen LogP contribution in [0.5, 0.6) is 5.75 Å². The first-order valence-corrected chi connectivity index (χ1v) is 7.55. The van der Waals surface area contributed by atoms with E-state index in [1.165, 1.54) is 6.92 Å². The number of rotatable bonds is 4. The summed E-state index contributed by atoms with van der Waals surface area (Å²) in [5.41, 5.74) is 1.36. The van der Waals surface area contributed by atoms with Crippen LogP contribution in [0.15, 0.2) is 42.5 Å². The summed E-state index contributed by atoms with van der Waals surface area (Å²) in [5.74, 6) is -0.623. The molecular weight excluding hydrogens is 308 g/mol. The Hall–Kier alpha value is -3.15. The van der Waals surface area contributed by atoms with Gasteiger partial charge in [-0.3, -0.25) is 14.4 Å². The quantitative estimate of drug-likeness (QED) is 0.878. The number of imide groups is 1. The minimum absolute atomic E-state index is 0.294. The van der Waals surface area contributed by atoms with E-state index in [0.717, 1.165) is 4.90 Å². The topological polar surface area (TPSA) is 75.7 Å². The molecule has 0 saturated heterocycles. The van der Waals surface area contributed by atoms with Gasteiger partial charge >= 0.3 is 0 Å². The molecule has 1 N–H and O–H groups in total. The van der Waals surface area contributed by atoms with Crippen LogP contribution in [0, 0.1) is 0 Å². The van der Waals surface area contributed by atoms with Gasteiger partial charge in [-0.25, -0.2) is 4.90 Å². The molecule has 0 aliphatic carbocycles. The predicted molar refractivity (Wildman–Crippen MR) is 89.5 cm³/mol. The summed E-state index contributed by atoms with van der Waals surface area (Å²) in [7, 11) is 0. The van der Waals surface area contributed by atoms with Gasteiger partial charge in [-0.1, -0.05) is 12.1 Å². The maximum atomic E-state index is 12.7. The molecule has 6 nitrogen and oxygen atoms in total. The van der Waals surface area contributed by atoms with Gasteiger partial charge in [0.1, 0.15) is 5.75 Å². The molecule has 3 amide bonds. The summed E-state index contributed by atoms with van der Waals surface area (Å²) in [4.78, 5) is 37.8. The van der Waals surface area contributed by atoms with Crippen LogP contribution in [0.3, 0.4) is 0 Å². The number of carbonyl (C=O) groups is 3. The van der Waals surface area contributed by atoms with E-state index >= 15 is 0 Å². The molecule has 24 heavy (non-hydrogen) atoms. The zero-order chi connectivity index (χ0) is 17.3. The Labute approximate surface area is 139 Å². The van der Waals surface area contributed by atoms with Crippen molar-refractivity contribution in [3.05, 3.63) is 53.6 Å². The molecule has 0 fully saturated rings. The Bertz CT molecular complexity index is 810. The lowest BCUT2D eigenvalue weighted by Crippen LogP contribution is -2.30. The van der Waals surface area contributed by atoms with Crippen LogP contribution >= 0.6 is 0 Å². The van der Waals surface area contributed by atoms with Crippen LogP contribution in [0.25, 0.3) is 0 Å². The van der Waals surface area contributed by atoms with Crippen LogP contribution in [0.1, 0.15) is 34.6 Å². The summed E-state index contributed by atoms with van der Waals surface area (Å²) in [6, 6.07) is 11.5. The van der Waals surface area contributed by atoms with Gasteiger partial charge < -0.3 is 10.1 Å². The number of nitrogens with one attached hydrogen (secondary N) is 1. The van der Waals surface area contributed by atoms with Gasteiger partial charge in [-0.2, -0.15) is 0 Å². The Kier molecular flexibility index (Phi) is 4.04. The highest BCUT2D eigenvalue weighted by atomic mass is 16.5. The molecule has 122 valence electrons. The van der Waals surface area contributed by atoms with E-state index in [-0.39, 0.29) is 5.91 Å². The number of hydrogen-bond donors (Lipinski definition) is 1. The molecule has 2 aromatic rings. The molecule has 0 aromatic heterocycles. The van der Waals surface area contributed by atoms with Crippen molar-refractivity contribution in [1.29, 1.82) is 0 Å². The number of carbonyl (C=O) groups excluding carboxylic acids is 3. The Morgan fingerprint density at radius 2 is 1.71 bits per heavy atom. The molecule has 1 aliphatic rings. The lowest BCUT2D eigenvalue weighted by molar-refractivity contribution is -0.114. The second-order valence-electron chi connectivity index (χ2n) is 5.28. The van der Waals surface area contributed by atoms with Crippen molar-refractivity contribution in [2.45, 2.75) is 13.8 Å². The first kappa shape index (κ1) is 15.7. The summed E-state index contributed by atoms with van der Waals surface area (Å²) in [6.07, 6.45) is 0. The first-order chi connectivity index (χ1) is 11.5. The van der Waals surface area contributed by atoms with Crippen molar-refractivity contribution in [3.8, 4) is 5.75 Å². The first-order valence-electron chi connectivity index (χ1n) is 7.55. The van der Waals surface area contributed by atoms with Crippen LogP contribution in [0.2, 0.25) is 0 Å². The molecule has 2 aromatic carbocycles. The fourth-order valence-electron chi connectivity index (χ4n) is 2.66. The smallest absolute Gasteiger partial charge is 0.266 e. The second-order valence-corrected chi connectivity index (χ2v) is 5.28. The summed E-state index contributed by atoms with van der Waals surface area (Å²) in [6.45, 7) is 3.65. The maximum absolute atomic E-state index is 12.7. The van der Waals surface area contributed by atoms with Gasteiger partial charge in [0.15, 0.2) is 0 Å². The predicted octanol–water partition coefficient (Wildman–Crippen LogP) is 2.84. The molecule has 6 heteroatoms. The van der Waals surface area contributed by atoms with E-state index in [1.807, 2.05) is 6.92 Å². The minimum Gasteiger partial charge on any atom is -0.494 e. The van der Waals surface area contributed by atoms with E-state index in [1.54, 1.807) is 42.5 Å². The van der Waals surface area contributed by atoms with Crippen molar-refractivity contribution >= 4 is 29.1 Å². The third-order valence-corrected chi connectivity index (χ3v) is 3.63. The summed E-state index contributed by atoms with van der Waals surface area (Å²) >= 11 is 0. The number of amides is 3. The molecule has 0 unspecified atom stereocenters. The van der Waals surface area contributed by atoms with Gasteiger partial charge in [0, 0.05) is 13.0 Å². The number of nitrogens with zero attached hydrogens (tertiary/aromatic N) is 1. The van der Waals surface area contributed by atoms with Crippen LogP contribution in [0.4, 0.5) is 11.4 Å². The van der Waals surface area contributed by atoms with E-state index < -0.39 is 11.8 Å². The van der Waals surface area contributed by atoms with Gasteiger partial charge in [0.05, 0.1) is 29.1 Å².